The highest BCUT2D eigenvalue weighted by Crippen LogP contribution is 2.34. The van der Waals surface area contributed by atoms with Crippen molar-refractivity contribution >= 4 is 0 Å². The summed E-state index contributed by atoms with van der Waals surface area (Å²) in [6.07, 6.45) is -0.664. The number of nitrogens with one attached hydrogen (secondary N) is 1. The fourth-order valence-corrected chi connectivity index (χ4v) is 2.17. The number of alkyl halides is 3. The average Bonchev–Trinajstić information content (AvgIpc) is 3.09. The molecule has 18 heavy (non-hydrogen) atoms. The van der Waals surface area contributed by atoms with Gasteiger partial charge in [0.25, 0.3) is 0 Å². The number of halogens is 3. The molecule has 1 saturated carbocycles. The normalized spacial score (nSPS) is 17.8. The van der Waals surface area contributed by atoms with Crippen molar-refractivity contribution in [2.24, 2.45) is 5.92 Å². The first kappa shape index (κ1) is 13.4. The molecule has 1 aromatic carbocycles. The lowest BCUT2D eigenvalue weighted by molar-refractivity contribution is -0.138. The van der Waals surface area contributed by atoms with E-state index in [1.165, 1.54) is 18.9 Å². The zero-order valence-corrected chi connectivity index (χ0v) is 10.4. The van der Waals surface area contributed by atoms with Gasteiger partial charge in [-0.1, -0.05) is 31.0 Å². The summed E-state index contributed by atoms with van der Waals surface area (Å²) in [6, 6.07) is 6.04. The summed E-state index contributed by atoms with van der Waals surface area (Å²) in [5.74, 6) is 0.783. The molecule has 1 aliphatic carbocycles. The molecule has 1 aromatic rings. The Morgan fingerprint density at radius 1 is 1.28 bits per heavy atom. The molecule has 0 heterocycles. The number of hydrogen-bond acceptors (Lipinski definition) is 1. The molecule has 0 amide bonds. The van der Waals surface area contributed by atoms with Gasteiger partial charge in [0.15, 0.2) is 0 Å². The Balaban J connectivity index is 1.95. The summed E-state index contributed by atoms with van der Waals surface area (Å²) in [5.41, 5.74) is -0.205. The van der Waals surface area contributed by atoms with Crippen LogP contribution in [0, 0.1) is 5.92 Å². The van der Waals surface area contributed by atoms with Crippen LogP contribution in [-0.2, 0) is 12.7 Å². The summed E-state index contributed by atoms with van der Waals surface area (Å²) in [7, 11) is 0. The molecule has 1 unspecified atom stereocenters. The largest absolute Gasteiger partial charge is 0.416 e. The van der Waals surface area contributed by atoms with Gasteiger partial charge < -0.3 is 5.32 Å². The van der Waals surface area contributed by atoms with E-state index in [-0.39, 0.29) is 12.6 Å². The fraction of sp³-hybridized carbons (Fsp3) is 0.571. The molecule has 0 radical (unpaired) electrons. The monoisotopic (exact) mass is 257 g/mol. The van der Waals surface area contributed by atoms with E-state index in [0.717, 1.165) is 18.4 Å². The lowest BCUT2D eigenvalue weighted by Gasteiger charge is -2.16. The summed E-state index contributed by atoms with van der Waals surface area (Å²) < 4.78 is 38.3. The Bertz CT molecular complexity index is 396. The van der Waals surface area contributed by atoms with Gasteiger partial charge in [0.05, 0.1) is 5.56 Å². The molecule has 0 saturated heterocycles. The second-order valence-corrected chi connectivity index (χ2v) is 5.12. The van der Waals surface area contributed by atoms with Gasteiger partial charge in [-0.2, -0.15) is 13.2 Å². The molecule has 1 N–H and O–H groups in total. The van der Waals surface area contributed by atoms with Gasteiger partial charge in [0.2, 0.25) is 0 Å². The first-order valence-electron chi connectivity index (χ1n) is 6.35. The van der Waals surface area contributed by atoms with Gasteiger partial charge in [-0.25, -0.2) is 0 Å². The Morgan fingerprint density at radius 2 is 1.94 bits per heavy atom. The minimum atomic E-state index is -4.27. The standard InChI is InChI=1S/C14H18F3N/c1-10(8-11-6-7-11)18-9-12-4-2-3-5-13(12)14(15,16)17/h2-5,10-11,18H,6-9H2,1H3. The van der Waals surface area contributed by atoms with E-state index in [1.54, 1.807) is 12.1 Å². The lowest BCUT2D eigenvalue weighted by atomic mass is 10.1. The van der Waals surface area contributed by atoms with E-state index < -0.39 is 11.7 Å². The maximum absolute atomic E-state index is 12.8. The molecule has 0 spiro atoms. The van der Waals surface area contributed by atoms with Crippen LogP contribution in [0.5, 0.6) is 0 Å². The van der Waals surface area contributed by atoms with Crippen LogP contribution in [-0.4, -0.2) is 6.04 Å². The highest BCUT2D eigenvalue weighted by Gasteiger charge is 2.32. The molecule has 1 fully saturated rings. The predicted molar refractivity (Wildman–Crippen MR) is 65.1 cm³/mol. The van der Waals surface area contributed by atoms with Gasteiger partial charge in [0, 0.05) is 12.6 Å². The van der Waals surface area contributed by atoms with Crippen LogP contribution in [0.4, 0.5) is 13.2 Å². The van der Waals surface area contributed by atoms with E-state index in [0.29, 0.717) is 5.56 Å². The van der Waals surface area contributed by atoms with Crippen molar-refractivity contribution in [3.05, 3.63) is 35.4 Å². The van der Waals surface area contributed by atoms with E-state index in [9.17, 15) is 13.2 Å². The fourth-order valence-electron chi connectivity index (χ4n) is 2.17. The molecule has 4 heteroatoms. The Labute approximate surface area is 105 Å². The maximum Gasteiger partial charge on any atom is 0.416 e. The smallest absolute Gasteiger partial charge is 0.310 e. The molecule has 1 aliphatic rings. The van der Waals surface area contributed by atoms with Crippen LogP contribution in [0.1, 0.15) is 37.3 Å². The van der Waals surface area contributed by atoms with Crippen LogP contribution in [0.3, 0.4) is 0 Å². The molecule has 2 rings (SSSR count). The van der Waals surface area contributed by atoms with Crippen molar-refractivity contribution in [1.29, 1.82) is 0 Å². The number of hydrogen-bond donors (Lipinski definition) is 1. The van der Waals surface area contributed by atoms with Crippen LogP contribution in [0.15, 0.2) is 24.3 Å². The first-order chi connectivity index (χ1) is 8.47. The van der Waals surface area contributed by atoms with Crippen molar-refractivity contribution < 1.29 is 13.2 Å². The quantitative estimate of drug-likeness (QED) is 0.841. The predicted octanol–water partition coefficient (Wildman–Crippen LogP) is 3.98. The summed E-state index contributed by atoms with van der Waals surface area (Å²) in [4.78, 5) is 0. The lowest BCUT2D eigenvalue weighted by Crippen LogP contribution is -2.27. The summed E-state index contributed by atoms with van der Waals surface area (Å²) in [6.45, 7) is 2.32. The van der Waals surface area contributed by atoms with Gasteiger partial charge in [0.1, 0.15) is 0 Å². The minimum Gasteiger partial charge on any atom is -0.310 e. The Morgan fingerprint density at radius 3 is 2.56 bits per heavy atom. The van der Waals surface area contributed by atoms with Gasteiger partial charge in [-0.15, -0.1) is 0 Å². The second-order valence-electron chi connectivity index (χ2n) is 5.12. The van der Waals surface area contributed by atoms with Gasteiger partial charge in [-0.05, 0) is 30.9 Å². The number of benzene rings is 1. The summed E-state index contributed by atoms with van der Waals surface area (Å²) in [5, 5.41) is 3.18. The third-order valence-corrected chi connectivity index (χ3v) is 3.35. The van der Waals surface area contributed by atoms with Crippen LogP contribution in [0.2, 0.25) is 0 Å². The number of rotatable bonds is 5. The second kappa shape index (κ2) is 5.31. The van der Waals surface area contributed by atoms with Crippen LogP contribution >= 0.6 is 0 Å². The van der Waals surface area contributed by atoms with Crippen molar-refractivity contribution in [2.75, 3.05) is 0 Å². The highest BCUT2D eigenvalue weighted by atomic mass is 19.4. The zero-order chi connectivity index (χ0) is 13.2. The van der Waals surface area contributed by atoms with E-state index in [2.05, 4.69) is 5.32 Å². The molecule has 0 aromatic heterocycles. The van der Waals surface area contributed by atoms with Gasteiger partial charge in [-0.3, -0.25) is 0 Å². The molecule has 0 bridgehead atoms. The van der Waals surface area contributed by atoms with Crippen LogP contribution < -0.4 is 5.32 Å². The van der Waals surface area contributed by atoms with Crippen LogP contribution in [0.25, 0.3) is 0 Å². The van der Waals surface area contributed by atoms with Gasteiger partial charge >= 0.3 is 6.18 Å². The molecular weight excluding hydrogens is 239 g/mol. The SMILES string of the molecule is CC(CC1CC1)NCc1ccccc1C(F)(F)F. The van der Waals surface area contributed by atoms with Crippen molar-refractivity contribution in [3.8, 4) is 0 Å². The third kappa shape index (κ3) is 3.73. The first-order valence-corrected chi connectivity index (χ1v) is 6.35. The average molecular weight is 257 g/mol. The van der Waals surface area contributed by atoms with E-state index in [4.69, 9.17) is 0 Å². The molecule has 100 valence electrons. The van der Waals surface area contributed by atoms with Crippen molar-refractivity contribution in [2.45, 2.75) is 44.9 Å². The van der Waals surface area contributed by atoms with Crippen molar-refractivity contribution in [3.63, 3.8) is 0 Å². The van der Waals surface area contributed by atoms with E-state index in [1.807, 2.05) is 6.92 Å². The highest BCUT2D eigenvalue weighted by molar-refractivity contribution is 5.29. The van der Waals surface area contributed by atoms with Crippen molar-refractivity contribution in [1.82, 2.24) is 5.32 Å². The maximum atomic E-state index is 12.8. The molecule has 1 nitrogen and oxygen atoms in total. The minimum absolute atomic E-state index is 0.277. The topological polar surface area (TPSA) is 12.0 Å². The van der Waals surface area contributed by atoms with E-state index >= 15 is 0 Å². The molecule has 0 aliphatic heterocycles. The zero-order valence-electron chi connectivity index (χ0n) is 10.4. The molecule has 1 atom stereocenters. The summed E-state index contributed by atoms with van der Waals surface area (Å²) >= 11 is 0. The Kier molecular flexibility index (Phi) is 3.95. The third-order valence-electron chi connectivity index (χ3n) is 3.35. The molecular formula is C14H18F3N. The Hall–Kier alpha value is -1.03.